The summed E-state index contributed by atoms with van der Waals surface area (Å²) < 4.78 is 3.42. The molecule has 1 aromatic carbocycles. The van der Waals surface area contributed by atoms with Crippen molar-refractivity contribution in [2.24, 2.45) is 0 Å². The summed E-state index contributed by atoms with van der Waals surface area (Å²) in [6, 6.07) is 7.23. The first-order valence-electron chi connectivity index (χ1n) is 8.29. The highest BCUT2D eigenvalue weighted by atomic mass is 35.5. The Morgan fingerprint density at radius 2 is 1.89 bits per heavy atom. The number of anilines is 1. The van der Waals surface area contributed by atoms with Gasteiger partial charge in [-0.05, 0) is 37.6 Å². The van der Waals surface area contributed by atoms with Gasteiger partial charge in [0.05, 0.1) is 12.2 Å². The molecule has 0 aliphatic heterocycles. The molecule has 2 heterocycles. The van der Waals surface area contributed by atoms with Gasteiger partial charge in [0.25, 0.3) is 0 Å². The Bertz CT molecular complexity index is 980. The number of halogens is 3. The zero-order valence-corrected chi connectivity index (χ0v) is 17.1. The number of nitrogens with zero attached hydrogens (tertiary/aromatic N) is 4. The van der Waals surface area contributed by atoms with Crippen LogP contribution in [0.5, 0.6) is 0 Å². The van der Waals surface area contributed by atoms with E-state index in [2.05, 4.69) is 15.5 Å². The van der Waals surface area contributed by atoms with Crippen LogP contribution in [0, 0.1) is 13.8 Å². The molecular formula is C18H18Cl3N5O. The number of carbonyl (C=O) groups is 1. The molecule has 0 saturated carbocycles. The van der Waals surface area contributed by atoms with Crippen molar-refractivity contribution >= 4 is 46.5 Å². The number of rotatable bonds is 6. The van der Waals surface area contributed by atoms with Crippen molar-refractivity contribution in [3.05, 3.63) is 62.5 Å². The Morgan fingerprint density at radius 3 is 2.56 bits per heavy atom. The lowest BCUT2D eigenvalue weighted by Crippen LogP contribution is -2.16. The van der Waals surface area contributed by atoms with E-state index in [0.717, 1.165) is 17.0 Å². The summed E-state index contributed by atoms with van der Waals surface area (Å²) in [7, 11) is 0. The van der Waals surface area contributed by atoms with E-state index in [1.54, 1.807) is 27.7 Å². The smallest absolute Gasteiger partial charge is 0.227 e. The van der Waals surface area contributed by atoms with Crippen LogP contribution in [0.2, 0.25) is 15.1 Å². The minimum absolute atomic E-state index is 0.181. The largest absolute Gasteiger partial charge is 0.308 e. The van der Waals surface area contributed by atoms with Crippen LogP contribution in [0.4, 0.5) is 5.82 Å². The third-order valence-electron chi connectivity index (χ3n) is 3.98. The van der Waals surface area contributed by atoms with E-state index in [-0.39, 0.29) is 12.3 Å². The predicted molar refractivity (Wildman–Crippen MR) is 108 cm³/mol. The lowest BCUT2D eigenvalue weighted by Gasteiger charge is -2.06. The number of hydrogen-bond acceptors (Lipinski definition) is 3. The van der Waals surface area contributed by atoms with Gasteiger partial charge in [0.1, 0.15) is 5.02 Å². The summed E-state index contributed by atoms with van der Waals surface area (Å²) >= 11 is 18.3. The molecule has 0 fully saturated rings. The van der Waals surface area contributed by atoms with Crippen molar-refractivity contribution in [3.8, 4) is 0 Å². The number of aryl methyl sites for hydroxylation is 3. The van der Waals surface area contributed by atoms with Gasteiger partial charge in [-0.2, -0.15) is 10.2 Å². The molecule has 9 heteroatoms. The van der Waals surface area contributed by atoms with Crippen molar-refractivity contribution in [1.29, 1.82) is 0 Å². The zero-order valence-electron chi connectivity index (χ0n) is 14.8. The fourth-order valence-corrected chi connectivity index (χ4v) is 3.36. The van der Waals surface area contributed by atoms with E-state index in [0.29, 0.717) is 34.0 Å². The highest BCUT2D eigenvalue weighted by Gasteiger charge is 2.13. The van der Waals surface area contributed by atoms with Gasteiger partial charge in [-0.25, -0.2) is 0 Å². The standard InChI is InChI=1S/C18H18Cl3N5O/c1-11-7-12(2)26(23-11)6-5-17(27)22-18-16(21)10-25(24-18)9-13-3-4-14(19)8-15(13)20/h3-4,7-8,10H,5-6,9H2,1-2H3,(H,22,24,27). The van der Waals surface area contributed by atoms with Gasteiger partial charge < -0.3 is 5.32 Å². The Morgan fingerprint density at radius 1 is 1.11 bits per heavy atom. The molecule has 0 radical (unpaired) electrons. The normalized spacial score (nSPS) is 11.0. The maximum absolute atomic E-state index is 12.2. The number of nitrogens with one attached hydrogen (secondary N) is 1. The van der Waals surface area contributed by atoms with E-state index < -0.39 is 0 Å². The van der Waals surface area contributed by atoms with Crippen LogP contribution >= 0.6 is 34.8 Å². The summed E-state index contributed by atoms with van der Waals surface area (Å²) in [4.78, 5) is 12.2. The van der Waals surface area contributed by atoms with Crippen LogP contribution in [-0.4, -0.2) is 25.5 Å². The molecule has 0 bridgehead atoms. The first-order valence-corrected chi connectivity index (χ1v) is 9.43. The molecule has 0 aliphatic carbocycles. The van der Waals surface area contributed by atoms with E-state index in [1.165, 1.54) is 0 Å². The minimum atomic E-state index is -0.181. The molecule has 1 N–H and O–H groups in total. The third-order valence-corrected chi connectivity index (χ3v) is 4.84. The molecule has 0 spiro atoms. The van der Waals surface area contributed by atoms with E-state index in [4.69, 9.17) is 34.8 Å². The molecule has 3 aromatic rings. The van der Waals surface area contributed by atoms with E-state index in [9.17, 15) is 4.79 Å². The Labute approximate surface area is 172 Å². The second kappa shape index (κ2) is 8.33. The molecule has 142 valence electrons. The molecule has 0 aliphatic rings. The highest BCUT2D eigenvalue weighted by molar-refractivity contribution is 6.35. The predicted octanol–water partition coefficient (Wildman–Crippen LogP) is 4.73. The van der Waals surface area contributed by atoms with Gasteiger partial charge in [-0.15, -0.1) is 0 Å². The van der Waals surface area contributed by atoms with Crippen molar-refractivity contribution in [2.75, 3.05) is 5.32 Å². The second-order valence-corrected chi connectivity index (χ2v) is 7.46. The lowest BCUT2D eigenvalue weighted by atomic mass is 10.2. The van der Waals surface area contributed by atoms with Gasteiger partial charge in [0.2, 0.25) is 5.91 Å². The van der Waals surface area contributed by atoms with E-state index >= 15 is 0 Å². The summed E-state index contributed by atoms with van der Waals surface area (Å²) in [5.41, 5.74) is 2.79. The number of hydrogen-bond donors (Lipinski definition) is 1. The van der Waals surface area contributed by atoms with Crippen LogP contribution < -0.4 is 5.32 Å². The summed E-state index contributed by atoms with van der Waals surface area (Å²) in [6.07, 6.45) is 1.91. The maximum atomic E-state index is 12.2. The monoisotopic (exact) mass is 425 g/mol. The summed E-state index contributed by atoms with van der Waals surface area (Å²) in [5, 5.41) is 12.9. The molecule has 3 rings (SSSR count). The van der Waals surface area contributed by atoms with Crippen LogP contribution in [0.1, 0.15) is 23.4 Å². The molecule has 27 heavy (non-hydrogen) atoms. The molecule has 1 amide bonds. The first-order chi connectivity index (χ1) is 12.8. The Kier molecular flexibility index (Phi) is 6.09. The number of aromatic nitrogens is 4. The summed E-state index contributed by atoms with van der Waals surface area (Å²) in [6.45, 7) is 4.78. The number of amides is 1. The number of carbonyl (C=O) groups excluding carboxylic acids is 1. The SMILES string of the molecule is Cc1cc(C)n(CCC(=O)Nc2nn(Cc3ccc(Cl)cc3Cl)cc2Cl)n1. The lowest BCUT2D eigenvalue weighted by molar-refractivity contribution is -0.116. The summed E-state index contributed by atoms with van der Waals surface area (Å²) in [5.74, 6) is 0.138. The molecule has 0 unspecified atom stereocenters. The van der Waals surface area contributed by atoms with Crippen molar-refractivity contribution < 1.29 is 4.79 Å². The fourth-order valence-electron chi connectivity index (χ4n) is 2.69. The molecule has 2 aromatic heterocycles. The molecule has 6 nitrogen and oxygen atoms in total. The average molecular weight is 427 g/mol. The fraction of sp³-hybridized carbons (Fsp3) is 0.278. The van der Waals surface area contributed by atoms with Crippen LogP contribution in [-0.2, 0) is 17.9 Å². The van der Waals surface area contributed by atoms with E-state index in [1.807, 2.05) is 26.0 Å². The van der Waals surface area contributed by atoms with Crippen LogP contribution in [0.3, 0.4) is 0 Å². The minimum Gasteiger partial charge on any atom is -0.308 e. The van der Waals surface area contributed by atoms with Gasteiger partial charge in [0.15, 0.2) is 5.82 Å². The van der Waals surface area contributed by atoms with Crippen molar-refractivity contribution in [3.63, 3.8) is 0 Å². The van der Waals surface area contributed by atoms with Crippen molar-refractivity contribution in [2.45, 2.75) is 33.4 Å². The molecule has 0 saturated heterocycles. The van der Waals surface area contributed by atoms with Gasteiger partial charge in [-0.3, -0.25) is 14.2 Å². The maximum Gasteiger partial charge on any atom is 0.227 e. The molecule has 0 atom stereocenters. The Balaban J connectivity index is 1.62. The number of benzene rings is 1. The topological polar surface area (TPSA) is 64.7 Å². The van der Waals surface area contributed by atoms with Gasteiger partial charge in [-0.1, -0.05) is 40.9 Å². The Hall–Kier alpha value is -2.02. The average Bonchev–Trinajstić information content (AvgIpc) is 3.09. The molecular weight excluding hydrogens is 409 g/mol. The second-order valence-electron chi connectivity index (χ2n) is 6.21. The first kappa shape index (κ1) is 19.7. The third kappa shape index (κ3) is 5.03. The zero-order chi connectivity index (χ0) is 19.6. The van der Waals surface area contributed by atoms with Gasteiger partial charge >= 0.3 is 0 Å². The quantitative estimate of drug-likeness (QED) is 0.619. The highest BCUT2D eigenvalue weighted by Crippen LogP contribution is 2.24. The van der Waals surface area contributed by atoms with Crippen LogP contribution in [0.15, 0.2) is 30.5 Å². The van der Waals surface area contributed by atoms with Gasteiger partial charge in [0, 0.05) is 34.9 Å². The van der Waals surface area contributed by atoms with Crippen LogP contribution in [0.25, 0.3) is 0 Å². The van der Waals surface area contributed by atoms with Crippen molar-refractivity contribution in [1.82, 2.24) is 19.6 Å².